The van der Waals surface area contributed by atoms with Crippen molar-refractivity contribution in [1.82, 2.24) is 10.6 Å². The van der Waals surface area contributed by atoms with E-state index in [-0.39, 0.29) is 35.4 Å². The minimum atomic E-state index is -0.0214. The maximum absolute atomic E-state index is 6.12. The maximum atomic E-state index is 6.12. The predicted molar refractivity (Wildman–Crippen MR) is 126 cm³/mol. The van der Waals surface area contributed by atoms with Gasteiger partial charge in [0.15, 0.2) is 17.3 Å². The molecular formula is C22H32IN3O3. The highest BCUT2D eigenvalue weighted by Gasteiger charge is 2.59. The Kier molecular flexibility index (Phi) is 6.67. The summed E-state index contributed by atoms with van der Waals surface area (Å²) in [5.74, 6) is 3.00. The van der Waals surface area contributed by atoms with Crippen molar-refractivity contribution in [3.05, 3.63) is 30.0 Å². The van der Waals surface area contributed by atoms with E-state index < -0.39 is 0 Å². The molecular weight excluding hydrogens is 481 g/mol. The molecule has 2 aliphatic rings. The Morgan fingerprint density at radius 2 is 2.17 bits per heavy atom. The van der Waals surface area contributed by atoms with Crippen LogP contribution in [0, 0.1) is 11.3 Å². The zero-order valence-electron chi connectivity index (χ0n) is 17.8. The number of ether oxygens (including phenoxy) is 2. The van der Waals surface area contributed by atoms with Crippen molar-refractivity contribution in [2.24, 2.45) is 16.3 Å². The van der Waals surface area contributed by atoms with Crippen LogP contribution >= 0.6 is 24.0 Å². The summed E-state index contributed by atoms with van der Waals surface area (Å²) in [5.41, 5.74) is 0.898. The predicted octanol–water partition coefficient (Wildman–Crippen LogP) is 4.49. The van der Waals surface area contributed by atoms with Crippen molar-refractivity contribution in [1.29, 1.82) is 0 Å². The molecule has 4 unspecified atom stereocenters. The van der Waals surface area contributed by atoms with Gasteiger partial charge in [-0.2, -0.15) is 0 Å². The molecule has 1 aliphatic carbocycles. The monoisotopic (exact) mass is 513 g/mol. The standard InChI is InChI=1S/C22H31N3O3.HI/c1-6-26-16-9-7-8-14-12-17(28-18(14)16)13(2)24-21(23-5)25-19-15-10-11-27-20(15)22(19,3)4;/h7-9,12-13,15,19-20H,6,10-11H2,1-5H3,(H2,23,24,25);1H. The largest absolute Gasteiger partial charge is 0.490 e. The molecule has 1 aliphatic heterocycles. The van der Waals surface area contributed by atoms with Gasteiger partial charge in [0.25, 0.3) is 0 Å². The number of aliphatic imine (C=N–C) groups is 1. The molecule has 2 fully saturated rings. The van der Waals surface area contributed by atoms with E-state index in [1.807, 2.05) is 32.2 Å². The minimum absolute atomic E-state index is 0. The molecule has 0 radical (unpaired) electrons. The highest BCUT2D eigenvalue weighted by atomic mass is 127. The number of para-hydroxylation sites is 1. The molecule has 0 bridgehead atoms. The Morgan fingerprint density at radius 3 is 2.90 bits per heavy atom. The van der Waals surface area contributed by atoms with E-state index in [0.29, 0.717) is 24.7 Å². The highest BCUT2D eigenvalue weighted by molar-refractivity contribution is 14.0. The molecule has 2 heterocycles. The van der Waals surface area contributed by atoms with Crippen LogP contribution in [-0.2, 0) is 4.74 Å². The van der Waals surface area contributed by atoms with E-state index in [0.717, 1.165) is 41.5 Å². The zero-order valence-corrected chi connectivity index (χ0v) is 20.2. The van der Waals surface area contributed by atoms with Crippen LogP contribution in [-0.4, -0.2) is 38.4 Å². The highest BCUT2D eigenvalue weighted by Crippen LogP contribution is 2.52. The first-order valence-electron chi connectivity index (χ1n) is 10.2. The van der Waals surface area contributed by atoms with Gasteiger partial charge >= 0.3 is 0 Å². The Morgan fingerprint density at radius 1 is 1.38 bits per heavy atom. The van der Waals surface area contributed by atoms with Crippen molar-refractivity contribution >= 4 is 40.9 Å². The average Bonchev–Trinajstić information content (AvgIpc) is 3.31. The summed E-state index contributed by atoms with van der Waals surface area (Å²) in [6.07, 6.45) is 1.47. The Hall–Kier alpha value is -1.48. The van der Waals surface area contributed by atoms with Crippen molar-refractivity contribution in [2.45, 2.75) is 52.3 Å². The molecule has 1 saturated heterocycles. The molecule has 6 nitrogen and oxygen atoms in total. The number of hydrogen-bond acceptors (Lipinski definition) is 4. The second-order valence-electron chi connectivity index (χ2n) is 8.38. The van der Waals surface area contributed by atoms with E-state index in [9.17, 15) is 0 Å². The molecule has 1 aromatic heterocycles. The van der Waals surface area contributed by atoms with Crippen molar-refractivity contribution in [3.8, 4) is 5.75 Å². The second kappa shape index (κ2) is 8.71. The fourth-order valence-electron chi connectivity index (χ4n) is 4.75. The molecule has 160 valence electrons. The van der Waals surface area contributed by atoms with Crippen LogP contribution in [0.1, 0.15) is 45.9 Å². The van der Waals surface area contributed by atoms with Crippen LogP contribution in [0.3, 0.4) is 0 Å². The van der Waals surface area contributed by atoms with Crippen LogP contribution in [0.15, 0.2) is 33.7 Å². The molecule has 29 heavy (non-hydrogen) atoms. The average molecular weight is 513 g/mol. The number of nitrogens with zero attached hydrogens (tertiary/aromatic N) is 1. The summed E-state index contributed by atoms with van der Waals surface area (Å²) in [4.78, 5) is 4.44. The summed E-state index contributed by atoms with van der Waals surface area (Å²) < 4.78 is 17.7. The van der Waals surface area contributed by atoms with Gasteiger partial charge in [0, 0.05) is 36.4 Å². The minimum Gasteiger partial charge on any atom is -0.490 e. The number of halogens is 1. The van der Waals surface area contributed by atoms with Gasteiger partial charge in [-0.15, -0.1) is 24.0 Å². The number of nitrogens with one attached hydrogen (secondary N) is 2. The lowest BCUT2D eigenvalue weighted by Crippen LogP contribution is -2.68. The maximum Gasteiger partial charge on any atom is 0.191 e. The Labute approximate surface area is 189 Å². The third-order valence-corrected chi connectivity index (χ3v) is 6.22. The number of guanidine groups is 1. The Balaban J connectivity index is 0.00000240. The van der Waals surface area contributed by atoms with Gasteiger partial charge in [-0.25, -0.2) is 0 Å². The quantitative estimate of drug-likeness (QED) is 0.351. The lowest BCUT2D eigenvalue weighted by Gasteiger charge is -2.55. The third-order valence-electron chi connectivity index (χ3n) is 6.22. The van der Waals surface area contributed by atoms with E-state index in [4.69, 9.17) is 13.9 Å². The molecule has 2 aromatic rings. The lowest BCUT2D eigenvalue weighted by atomic mass is 9.57. The molecule has 2 N–H and O–H groups in total. The van der Waals surface area contributed by atoms with Crippen molar-refractivity contribution < 1.29 is 13.9 Å². The molecule has 4 atom stereocenters. The van der Waals surface area contributed by atoms with Gasteiger partial charge in [-0.1, -0.05) is 26.0 Å². The summed E-state index contributed by atoms with van der Waals surface area (Å²) in [6.45, 7) is 10.1. The number of hydrogen-bond donors (Lipinski definition) is 2. The summed E-state index contributed by atoms with van der Waals surface area (Å²) in [7, 11) is 1.81. The first kappa shape index (κ1) is 22.2. The van der Waals surface area contributed by atoms with E-state index in [2.05, 4.69) is 42.5 Å². The number of rotatable bonds is 5. The molecule has 4 rings (SSSR count). The van der Waals surface area contributed by atoms with Gasteiger partial charge in [-0.05, 0) is 32.4 Å². The van der Waals surface area contributed by atoms with Gasteiger partial charge in [0.05, 0.1) is 18.8 Å². The van der Waals surface area contributed by atoms with Crippen molar-refractivity contribution in [2.75, 3.05) is 20.3 Å². The number of benzene rings is 1. The third kappa shape index (κ3) is 3.95. The van der Waals surface area contributed by atoms with Crippen LogP contribution in [0.5, 0.6) is 5.75 Å². The molecule has 0 amide bonds. The molecule has 7 heteroatoms. The van der Waals surface area contributed by atoms with Gasteiger partial charge in [0.2, 0.25) is 0 Å². The van der Waals surface area contributed by atoms with Gasteiger partial charge < -0.3 is 24.5 Å². The molecule has 1 aromatic carbocycles. The van der Waals surface area contributed by atoms with E-state index in [1.54, 1.807) is 0 Å². The van der Waals surface area contributed by atoms with Gasteiger partial charge in [-0.3, -0.25) is 4.99 Å². The number of fused-ring (bicyclic) bond motifs is 2. The Bertz CT molecular complexity index is 879. The zero-order chi connectivity index (χ0) is 19.9. The topological polar surface area (TPSA) is 68.0 Å². The van der Waals surface area contributed by atoms with Crippen LogP contribution in [0.4, 0.5) is 0 Å². The van der Waals surface area contributed by atoms with Crippen molar-refractivity contribution in [3.63, 3.8) is 0 Å². The van der Waals surface area contributed by atoms with Crippen LogP contribution in [0.2, 0.25) is 0 Å². The number of furan rings is 1. The molecule has 1 saturated carbocycles. The first-order chi connectivity index (χ1) is 13.5. The first-order valence-corrected chi connectivity index (χ1v) is 10.2. The fraction of sp³-hybridized carbons (Fsp3) is 0.591. The summed E-state index contributed by atoms with van der Waals surface area (Å²) in [5, 5.41) is 8.14. The van der Waals surface area contributed by atoms with E-state index in [1.165, 1.54) is 0 Å². The normalized spacial score (nSPS) is 26.2. The summed E-state index contributed by atoms with van der Waals surface area (Å²) >= 11 is 0. The smallest absolute Gasteiger partial charge is 0.191 e. The summed E-state index contributed by atoms with van der Waals surface area (Å²) in [6, 6.07) is 8.38. The van der Waals surface area contributed by atoms with Crippen LogP contribution in [0.25, 0.3) is 11.0 Å². The van der Waals surface area contributed by atoms with Gasteiger partial charge in [0.1, 0.15) is 5.76 Å². The fourth-order valence-corrected chi connectivity index (χ4v) is 4.75. The second-order valence-corrected chi connectivity index (χ2v) is 8.38. The molecule has 0 spiro atoms. The SMILES string of the molecule is CCOc1cccc2cc(C(C)NC(=NC)NC3C4CCOC4C3(C)C)oc12.I. The van der Waals surface area contributed by atoms with E-state index >= 15 is 0 Å². The lowest BCUT2D eigenvalue weighted by molar-refractivity contribution is -0.106. The van der Waals surface area contributed by atoms with Crippen LogP contribution < -0.4 is 15.4 Å².